The molecular formula is C15H11ClF3NO. The molecule has 6 heteroatoms. The topological polar surface area (TPSA) is 32.6 Å². The number of hydrogen-bond donors (Lipinski definition) is 1. The largest absolute Gasteiger partial charge is 0.507 e. The van der Waals surface area contributed by atoms with Crippen LogP contribution in [0.1, 0.15) is 16.7 Å². The van der Waals surface area contributed by atoms with Crippen LogP contribution in [0.25, 0.3) is 0 Å². The highest BCUT2D eigenvalue weighted by atomic mass is 35.5. The van der Waals surface area contributed by atoms with Gasteiger partial charge in [0, 0.05) is 16.8 Å². The summed E-state index contributed by atoms with van der Waals surface area (Å²) in [6, 6.07) is 9.32. The van der Waals surface area contributed by atoms with Gasteiger partial charge in [-0.25, -0.2) is 0 Å². The molecule has 0 aliphatic rings. The molecule has 0 spiro atoms. The summed E-state index contributed by atoms with van der Waals surface area (Å²) in [6.45, 7) is 0.212. The van der Waals surface area contributed by atoms with Crippen LogP contribution in [0, 0.1) is 0 Å². The van der Waals surface area contributed by atoms with Crippen LogP contribution < -0.4 is 0 Å². The van der Waals surface area contributed by atoms with Gasteiger partial charge in [0.05, 0.1) is 12.1 Å². The normalized spacial score (nSPS) is 12.0. The lowest BCUT2D eigenvalue weighted by Crippen LogP contribution is -2.04. The number of nitrogens with zero attached hydrogens (tertiary/aromatic N) is 1. The van der Waals surface area contributed by atoms with Crippen molar-refractivity contribution >= 4 is 17.8 Å². The molecule has 0 aromatic heterocycles. The van der Waals surface area contributed by atoms with E-state index >= 15 is 0 Å². The van der Waals surface area contributed by atoms with Crippen molar-refractivity contribution in [3.63, 3.8) is 0 Å². The zero-order chi connectivity index (χ0) is 15.5. The van der Waals surface area contributed by atoms with Gasteiger partial charge in [0.2, 0.25) is 0 Å². The average molecular weight is 314 g/mol. The first-order valence-corrected chi connectivity index (χ1v) is 6.38. The fourth-order valence-electron chi connectivity index (χ4n) is 1.68. The van der Waals surface area contributed by atoms with Gasteiger partial charge < -0.3 is 5.11 Å². The maximum absolute atomic E-state index is 12.4. The van der Waals surface area contributed by atoms with Crippen LogP contribution in [0.3, 0.4) is 0 Å². The van der Waals surface area contributed by atoms with Gasteiger partial charge in [-0.15, -0.1) is 0 Å². The molecule has 1 N–H and O–H groups in total. The maximum atomic E-state index is 12.4. The molecule has 2 nitrogen and oxygen atoms in total. The predicted molar refractivity (Wildman–Crippen MR) is 75.9 cm³/mol. The van der Waals surface area contributed by atoms with E-state index in [1.807, 2.05) is 0 Å². The Morgan fingerprint density at radius 2 is 1.76 bits per heavy atom. The molecule has 21 heavy (non-hydrogen) atoms. The summed E-state index contributed by atoms with van der Waals surface area (Å²) in [4.78, 5) is 4.08. The molecule has 2 rings (SSSR count). The van der Waals surface area contributed by atoms with E-state index < -0.39 is 11.7 Å². The van der Waals surface area contributed by atoms with Gasteiger partial charge in [-0.3, -0.25) is 4.99 Å². The lowest BCUT2D eigenvalue weighted by atomic mass is 10.1. The number of aromatic hydroxyl groups is 1. The van der Waals surface area contributed by atoms with E-state index in [1.165, 1.54) is 24.4 Å². The number of rotatable bonds is 3. The SMILES string of the molecule is Oc1ccc(Cl)cc1C=NCc1ccc(C(F)(F)F)cc1. The minimum atomic E-state index is -4.34. The molecule has 0 aliphatic heterocycles. The number of benzene rings is 2. The van der Waals surface area contributed by atoms with Crippen molar-refractivity contribution in [1.82, 2.24) is 0 Å². The van der Waals surface area contributed by atoms with E-state index in [4.69, 9.17) is 11.6 Å². The van der Waals surface area contributed by atoms with Crippen molar-refractivity contribution in [1.29, 1.82) is 0 Å². The molecular weight excluding hydrogens is 303 g/mol. The molecule has 0 atom stereocenters. The van der Waals surface area contributed by atoms with E-state index in [0.29, 0.717) is 16.1 Å². The van der Waals surface area contributed by atoms with Crippen molar-refractivity contribution in [2.75, 3.05) is 0 Å². The monoisotopic (exact) mass is 313 g/mol. The molecule has 0 radical (unpaired) electrons. The Kier molecular flexibility index (Phi) is 4.53. The third-order valence-electron chi connectivity index (χ3n) is 2.78. The van der Waals surface area contributed by atoms with Crippen LogP contribution in [-0.2, 0) is 12.7 Å². The summed E-state index contributed by atoms with van der Waals surface area (Å²) < 4.78 is 37.2. The standard InChI is InChI=1S/C15H11ClF3NO/c16-13-5-6-14(21)11(7-13)9-20-8-10-1-3-12(4-2-10)15(17,18)19/h1-7,9,21H,8H2. The number of aliphatic imine (C=N–C) groups is 1. The summed E-state index contributed by atoms with van der Waals surface area (Å²) >= 11 is 5.79. The molecule has 0 fully saturated rings. The Morgan fingerprint density at radius 3 is 2.38 bits per heavy atom. The molecule has 2 aromatic carbocycles. The Balaban J connectivity index is 2.06. The van der Waals surface area contributed by atoms with Crippen LogP contribution in [0.4, 0.5) is 13.2 Å². The molecule has 0 unspecified atom stereocenters. The van der Waals surface area contributed by atoms with E-state index in [9.17, 15) is 18.3 Å². The first-order chi connectivity index (χ1) is 9.86. The van der Waals surface area contributed by atoms with Gasteiger partial charge in [-0.2, -0.15) is 13.2 Å². The highest BCUT2D eigenvalue weighted by molar-refractivity contribution is 6.30. The minimum Gasteiger partial charge on any atom is -0.507 e. The van der Waals surface area contributed by atoms with E-state index in [-0.39, 0.29) is 12.3 Å². The Labute approximate surface area is 124 Å². The number of hydrogen-bond acceptors (Lipinski definition) is 2. The summed E-state index contributed by atoms with van der Waals surface area (Å²) in [5.41, 5.74) is 0.401. The van der Waals surface area contributed by atoms with Crippen molar-refractivity contribution in [3.05, 3.63) is 64.2 Å². The van der Waals surface area contributed by atoms with E-state index in [2.05, 4.69) is 4.99 Å². The highest BCUT2D eigenvalue weighted by Crippen LogP contribution is 2.29. The molecule has 0 bridgehead atoms. The Hall–Kier alpha value is -2.01. The minimum absolute atomic E-state index is 0.0376. The lowest BCUT2D eigenvalue weighted by Gasteiger charge is -2.06. The molecule has 0 saturated heterocycles. The summed E-state index contributed by atoms with van der Waals surface area (Å²) in [6.07, 6.45) is -2.91. The quantitative estimate of drug-likeness (QED) is 0.820. The van der Waals surface area contributed by atoms with Gasteiger partial charge in [0.15, 0.2) is 0 Å². The number of halogens is 4. The number of phenolic OH excluding ortho intramolecular Hbond substituents is 1. The summed E-state index contributed by atoms with van der Waals surface area (Å²) in [5, 5.41) is 10.0. The average Bonchev–Trinajstić information content (AvgIpc) is 2.42. The predicted octanol–water partition coefficient (Wildman–Crippen LogP) is 4.68. The van der Waals surface area contributed by atoms with Crippen LogP contribution in [0.2, 0.25) is 5.02 Å². The van der Waals surface area contributed by atoms with Crippen molar-refractivity contribution in [2.24, 2.45) is 4.99 Å². The van der Waals surface area contributed by atoms with Gasteiger partial charge in [-0.05, 0) is 35.9 Å². The molecule has 110 valence electrons. The third kappa shape index (κ3) is 4.23. The van der Waals surface area contributed by atoms with E-state index in [0.717, 1.165) is 12.1 Å². The first kappa shape index (κ1) is 15.4. The van der Waals surface area contributed by atoms with Gasteiger partial charge in [0.25, 0.3) is 0 Å². The second kappa shape index (κ2) is 6.18. The van der Waals surface area contributed by atoms with Crippen LogP contribution in [0.15, 0.2) is 47.5 Å². The summed E-state index contributed by atoms with van der Waals surface area (Å²) in [7, 11) is 0. The Bertz CT molecular complexity index is 651. The lowest BCUT2D eigenvalue weighted by molar-refractivity contribution is -0.137. The second-order valence-corrected chi connectivity index (χ2v) is 4.80. The maximum Gasteiger partial charge on any atom is 0.416 e. The third-order valence-corrected chi connectivity index (χ3v) is 3.01. The molecule has 0 aliphatic carbocycles. The van der Waals surface area contributed by atoms with Gasteiger partial charge >= 0.3 is 6.18 Å². The fraction of sp³-hybridized carbons (Fsp3) is 0.133. The number of phenols is 1. The zero-order valence-electron chi connectivity index (χ0n) is 10.7. The molecule has 2 aromatic rings. The molecule has 0 amide bonds. The van der Waals surface area contributed by atoms with Crippen molar-refractivity contribution < 1.29 is 18.3 Å². The van der Waals surface area contributed by atoms with Crippen LogP contribution in [0.5, 0.6) is 5.75 Å². The van der Waals surface area contributed by atoms with Crippen molar-refractivity contribution in [3.8, 4) is 5.75 Å². The summed E-state index contributed by atoms with van der Waals surface area (Å²) in [5.74, 6) is 0.0376. The van der Waals surface area contributed by atoms with Crippen LogP contribution in [-0.4, -0.2) is 11.3 Å². The number of alkyl halides is 3. The highest BCUT2D eigenvalue weighted by Gasteiger charge is 2.29. The fourth-order valence-corrected chi connectivity index (χ4v) is 1.86. The zero-order valence-corrected chi connectivity index (χ0v) is 11.5. The first-order valence-electron chi connectivity index (χ1n) is 6.01. The van der Waals surface area contributed by atoms with Gasteiger partial charge in [0.1, 0.15) is 5.75 Å². The Morgan fingerprint density at radius 1 is 1.10 bits per heavy atom. The van der Waals surface area contributed by atoms with Crippen molar-refractivity contribution in [2.45, 2.75) is 12.7 Å². The van der Waals surface area contributed by atoms with E-state index in [1.54, 1.807) is 12.1 Å². The smallest absolute Gasteiger partial charge is 0.416 e. The second-order valence-electron chi connectivity index (χ2n) is 4.37. The van der Waals surface area contributed by atoms with Gasteiger partial charge in [-0.1, -0.05) is 23.7 Å². The van der Waals surface area contributed by atoms with Crippen LogP contribution >= 0.6 is 11.6 Å². The molecule has 0 saturated carbocycles. The molecule has 0 heterocycles.